The molecule has 0 saturated heterocycles. The standard InChI is InChI=1S/C29H49NO3/c1-20(2)11-8-12-21(3)13-9-14-22(4)15-10-17-29(7)18-16-25-23(5)27(31)26(19-30-32)24(6)28(25)33-29/h19-22,31-32H,8-18H2,1-7H3/b30-19+. The molecule has 2 N–H and O–H groups in total. The summed E-state index contributed by atoms with van der Waals surface area (Å²) in [6.07, 6.45) is 14.8. The molecule has 0 aliphatic carbocycles. The first-order valence-electron chi connectivity index (χ1n) is 13.3. The number of nitrogens with zero attached hydrogens (tertiary/aromatic N) is 1. The van der Waals surface area contributed by atoms with E-state index in [4.69, 9.17) is 9.94 Å². The second-order valence-electron chi connectivity index (χ2n) is 11.5. The minimum Gasteiger partial charge on any atom is -0.507 e. The normalized spacial score (nSPS) is 20.1. The number of phenols is 1. The van der Waals surface area contributed by atoms with Gasteiger partial charge in [-0.2, -0.15) is 0 Å². The molecule has 1 heterocycles. The molecule has 0 aromatic heterocycles. The summed E-state index contributed by atoms with van der Waals surface area (Å²) in [4.78, 5) is 0. The molecule has 0 bridgehead atoms. The molecule has 188 valence electrons. The van der Waals surface area contributed by atoms with Gasteiger partial charge in [0.05, 0.1) is 6.21 Å². The summed E-state index contributed by atoms with van der Waals surface area (Å²) in [6.45, 7) is 15.5. The topological polar surface area (TPSA) is 62.1 Å². The Bertz CT molecular complexity index is 786. The maximum Gasteiger partial charge on any atom is 0.128 e. The van der Waals surface area contributed by atoms with Crippen LogP contribution in [0.25, 0.3) is 0 Å². The van der Waals surface area contributed by atoms with Crippen molar-refractivity contribution in [3.8, 4) is 11.5 Å². The molecule has 1 aromatic rings. The highest BCUT2D eigenvalue weighted by Crippen LogP contribution is 2.44. The summed E-state index contributed by atoms with van der Waals surface area (Å²) in [6, 6.07) is 0. The van der Waals surface area contributed by atoms with Crippen LogP contribution in [0.5, 0.6) is 11.5 Å². The first-order valence-corrected chi connectivity index (χ1v) is 13.3. The Kier molecular flexibility index (Phi) is 10.6. The molecule has 4 nitrogen and oxygen atoms in total. The van der Waals surface area contributed by atoms with Crippen molar-refractivity contribution in [3.63, 3.8) is 0 Å². The van der Waals surface area contributed by atoms with Gasteiger partial charge in [0, 0.05) is 16.7 Å². The van der Waals surface area contributed by atoms with Crippen LogP contribution in [-0.4, -0.2) is 22.1 Å². The van der Waals surface area contributed by atoms with Crippen molar-refractivity contribution in [2.45, 2.75) is 125 Å². The van der Waals surface area contributed by atoms with Crippen LogP contribution in [0.15, 0.2) is 5.16 Å². The van der Waals surface area contributed by atoms with E-state index >= 15 is 0 Å². The summed E-state index contributed by atoms with van der Waals surface area (Å²) >= 11 is 0. The fourth-order valence-corrected chi connectivity index (χ4v) is 5.36. The van der Waals surface area contributed by atoms with Crippen LogP contribution in [0.4, 0.5) is 0 Å². The molecule has 3 atom stereocenters. The molecule has 4 heteroatoms. The molecule has 0 fully saturated rings. The molecule has 33 heavy (non-hydrogen) atoms. The van der Waals surface area contributed by atoms with Crippen molar-refractivity contribution >= 4 is 6.21 Å². The smallest absolute Gasteiger partial charge is 0.128 e. The lowest BCUT2D eigenvalue weighted by molar-refractivity contribution is 0.0512. The average Bonchev–Trinajstić information content (AvgIpc) is 2.75. The van der Waals surface area contributed by atoms with Gasteiger partial charge in [-0.1, -0.05) is 77.8 Å². The second-order valence-corrected chi connectivity index (χ2v) is 11.5. The zero-order valence-corrected chi connectivity index (χ0v) is 22.3. The van der Waals surface area contributed by atoms with Gasteiger partial charge in [-0.15, -0.1) is 0 Å². The number of hydrogen-bond donors (Lipinski definition) is 2. The van der Waals surface area contributed by atoms with E-state index in [1.54, 1.807) is 0 Å². The van der Waals surface area contributed by atoms with Crippen LogP contribution in [0.3, 0.4) is 0 Å². The third-order valence-corrected chi connectivity index (χ3v) is 7.80. The van der Waals surface area contributed by atoms with E-state index < -0.39 is 0 Å². The highest BCUT2D eigenvalue weighted by atomic mass is 16.5. The van der Waals surface area contributed by atoms with Gasteiger partial charge >= 0.3 is 0 Å². The number of benzene rings is 1. The van der Waals surface area contributed by atoms with E-state index in [0.29, 0.717) is 5.56 Å². The first kappa shape index (κ1) is 27.5. The number of phenolic OH excluding ortho intramolecular Hbond substituents is 1. The lowest BCUT2D eigenvalue weighted by Gasteiger charge is -2.38. The number of hydrogen-bond acceptors (Lipinski definition) is 4. The molecule has 3 unspecified atom stereocenters. The van der Waals surface area contributed by atoms with Gasteiger partial charge in [-0.05, 0) is 69.8 Å². The molecule has 1 aliphatic rings. The van der Waals surface area contributed by atoms with Crippen LogP contribution < -0.4 is 4.74 Å². The van der Waals surface area contributed by atoms with Crippen molar-refractivity contribution in [1.29, 1.82) is 0 Å². The van der Waals surface area contributed by atoms with E-state index in [0.717, 1.165) is 59.5 Å². The van der Waals surface area contributed by atoms with Gasteiger partial charge in [0.2, 0.25) is 0 Å². The van der Waals surface area contributed by atoms with Gasteiger partial charge in [0.15, 0.2) is 0 Å². The van der Waals surface area contributed by atoms with Gasteiger partial charge in [0.1, 0.15) is 17.1 Å². The zero-order valence-electron chi connectivity index (χ0n) is 22.3. The Hall–Kier alpha value is -1.71. The van der Waals surface area contributed by atoms with Crippen LogP contribution in [0.2, 0.25) is 0 Å². The van der Waals surface area contributed by atoms with E-state index in [-0.39, 0.29) is 11.4 Å². The minimum absolute atomic E-state index is 0.181. The number of oxime groups is 1. The average molecular weight is 460 g/mol. The molecule has 0 saturated carbocycles. The molecule has 0 amide bonds. The molecular formula is C29H49NO3. The van der Waals surface area contributed by atoms with Crippen molar-refractivity contribution in [2.75, 3.05) is 0 Å². The molecule has 0 spiro atoms. The largest absolute Gasteiger partial charge is 0.507 e. The molecule has 2 rings (SSSR count). The Balaban J connectivity index is 1.81. The fraction of sp³-hybridized carbons (Fsp3) is 0.759. The van der Waals surface area contributed by atoms with E-state index in [1.807, 2.05) is 13.8 Å². The fourth-order valence-electron chi connectivity index (χ4n) is 5.36. The molecular weight excluding hydrogens is 410 g/mol. The predicted octanol–water partition coefficient (Wildman–Crippen LogP) is 8.34. The summed E-state index contributed by atoms with van der Waals surface area (Å²) in [5.41, 5.74) is 3.14. The zero-order chi connectivity index (χ0) is 24.6. The van der Waals surface area contributed by atoms with Gasteiger partial charge in [-0.3, -0.25) is 0 Å². The first-order chi connectivity index (χ1) is 15.6. The Morgan fingerprint density at radius 3 is 2.09 bits per heavy atom. The Morgan fingerprint density at radius 2 is 1.52 bits per heavy atom. The monoisotopic (exact) mass is 459 g/mol. The van der Waals surface area contributed by atoms with Crippen LogP contribution >= 0.6 is 0 Å². The molecule has 1 aromatic carbocycles. The molecule has 1 aliphatic heterocycles. The number of aromatic hydroxyl groups is 1. The van der Waals surface area contributed by atoms with E-state index in [9.17, 15) is 5.11 Å². The van der Waals surface area contributed by atoms with Gasteiger partial charge in [-0.25, -0.2) is 0 Å². The lowest BCUT2D eigenvalue weighted by Crippen LogP contribution is -2.37. The third-order valence-electron chi connectivity index (χ3n) is 7.80. The number of fused-ring (bicyclic) bond motifs is 1. The third kappa shape index (κ3) is 7.93. The number of ether oxygens (including phenoxy) is 1. The Morgan fingerprint density at radius 1 is 0.939 bits per heavy atom. The minimum atomic E-state index is -0.181. The Labute approximate surface area is 202 Å². The van der Waals surface area contributed by atoms with Gasteiger partial charge < -0.3 is 15.1 Å². The summed E-state index contributed by atoms with van der Waals surface area (Å²) < 4.78 is 6.57. The summed E-state index contributed by atoms with van der Waals surface area (Å²) in [7, 11) is 0. The second kappa shape index (κ2) is 12.7. The van der Waals surface area contributed by atoms with E-state index in [1.165, 1.54) is 57.6 Å². The van der Waals surface area contributed by atoms with Crippen molar-refractivity contribution in [1.82, 2.24) is 0 Å². The highest BCUT2D eigenvalue weighted by molar-refractivity contribution is 5.87. The summed E-state index contributed by atoms with van der Waals surface area (Å²) in [5.74, 6) is 3.52. The van der Waals surface area contributed by atoms with Crippen LogP contribution in [0, 0.1) is 31.6 Å². The highest BCUT2D eigenvalue weighted by Gasteiger charge is 2.34. The lowest BCUT2D eigenvalue weighted by atomic mass is 9.83. The van der Waals surface area contributed by atoms with Crippen LogP contribution in [-0.2, 0) is 6.42 Å². The van der Waals surface area contributed by atoms with Crippen molar-refractivity contribution in [3.05, 3.63) is 22.3 Å². The summed E-state index contributed by atoms with van der Waals surface area (Å²) in [5, 5.41) is 22.7. The molecule has 0 radical (unpaired) electrons. The predicted molar refractivity (Wildman–Crippen MR) is 139 cm³/mol. The van der Waals surface area contributed by atoms with Crippen molar-refractivity contribution in [2.24, 2.45) is 22.9 Å². The van der Waals surface area contributed by atoms with E-state index in [2.05, 4.69) is 39.8 Å². The van der Waals surface area contributed by atoms with Gasteiger partial charge in [0.25, 0.3) is 0 Å². The maximum atomic E-state index is 10.5. The number of rotatable bonds is 13. The van der Waals surface area contributed by atoms with Crippen molar-refractivity contribution < 1.29 is 15.1 Å². The maximum absolute atomic E-state index is 10.5. The SMILES string of the molecule is Cc1c(O)c(/C=N/O)c(C)c2c1CCC(C)(CCCC(C)CCCC(C)CCCC(C)C)O2. The quantitative estimate of drug-likeness (QED) is 0.177. The van der Waals surface area contributed by atoms with Crippen LogP contribution in [0.1, 0.15) is 121 Å².